The van der Waals surface area contributed by atoms with Gasteiger partial charge in [-0.05, 0) is 68.6 Å². The van der Waals surface area contributed by atoms with Gasteiger partial charge in [0, 0.05) is 5.92 Å². The van der Waals surface area contributed by atoms with Gasteiger partial charge >= 0.3 is 0 Å². The van der Waals surface area contributed by atoms with Crippen molar-refractivity contribution >= 4 is 0 Å². The summed E-state index contributed by atoms with van der Waals surface area (Å²) in [6.07, 6.45) is 9.36. The number of allylic oxidation sites excluding steroid dienone is 2. The Morgan fingerprint density at radius 3 is 2.18 bits per heavy atom. The largest absolute Gasteiger partial charge is 0.244 e. The molecule has 5 atom stereocenters. The van der Waals surface area contributed by atoms with Gasteiger partial charge in [0.2, 0.25) is 0 Å². The molecule has 2 saturated carbocycles. The van der Waals surface area contributed by atoms with Crippen LogP contribution in [-0.4, -0.2) is 12.3 Å². The predicted molar refractivity (Wildman–Crippen MR) is 88.2 cm³/mol. The quantitative estimate of drug-likeness (QED) is 0.528. The highest BCUT2D eigenvalue weighted by molar-refractivity contribution is 5.15. The molecule has 0 aromatic heterocycles. The van der Waals surface area contributed by atoms with Crippen LogP contribution >= 0.6 is 0 Å². The molecule has 3 rings (SSSR count). The van der Waals surface area contributed by atoms with Crippen molar-refractivity contribution < 1.29 is 8.78 Å². The zero-order valence-corrected chi connectivity index (χ0v) is 14.2. The lowest BCUT2D eigenvalue weighted by molar-refractivity contribution is -0.00246. The van der Waals surface area contributed by atoms with Gasteiger partial charge in [-0.2, -0.15) is 0 Å². The standard InChI is InChI=1S/C20H32F2/c1-13-3-7-15(8-4-13)17-11-12-18(20(22)19(17)21)16-9-5-14(2)6-10-16/h7,13-14,16-20H,3-6,8-12H2,1-2H3/t13?,14?,16?,17?,18?,19-,20?/m0/s1. The van der Waals surface area contributed by atoms with Crippen LogP contribution in [0.1, 0.15) is 71.6 Å². The normalized spacial score (nSPS) is 47.1. The minimum absolute atomic E-state index is 0.0122. The Labute approximate surface area is 134 Å². The van der Waals surface area contributed by atoms with Crippen molar-refractivity contribution in [2.45, 2.75) is 84.0 Å². The first-order chi connectivity index (χ1) is 10.6. The number of hydrogen-bond acceptors (Lipinski definition) is 0. The summed E-state index contributed by atoms with van der Waals surface area (Å²) in [5.74, 6) is 1.79. The van der Waals surface area contributed by atoms with Crippen LogP contribution in [0.15, 0.2) is 11.6 Å². The first kappa shape index (κ1) is 16.5. The van der Waals surface area contributed by atoms with Crippen molar-refractivity contribution in [1.82, 2.24) is 0 Å². The van der Waals surface area contributed by atoms with Gasteiger partial charge in [0.05, 0.1) is 0 Å². The topological polar surface area (TPSA) is 0 Å². The molecule has 2 fully saturated rings. The summed E-state index contributed by atoms with van der Waals surface area (Å²) >= 11 is 0. The van der Waals surface area contributed by atoms with Crippen molar-refractivity contribution in [2.75, 3.05) is 0 Å². The molecule has 2 heteroatoms. The van der Waals surface area contributed by atoms with Crippen LogP contribution in [0, 0.1) is 29.6 Å². The van der Waals surface area contributed by atoms with Crippen LogP contribution in [0.3, 0.4) is 0 Å². The summed E-state index contributed by atoms with van der Waals surface area (Å²) < 4.78 is 29.6. The zero-order valence-electron chi connectivity index (χ0n) is 14.2. The Bertz CT molecular complexity index is 395. The van der Waals surface area contributed by atoms with Crippen LogP contribution in [0.4, 0.5) is 8.78 Å². The fourth-order valence-electron chi connectivity index (χ4n) is 5.07. The molecule has 3 aliphatic carbocycles. The van der Waals surface area contributed by atoms with Gasteiger partial charge in [-0.1, -0.05) is 38.3 Å². The van der Waals surface area contributed by atoms with E-state index >= 15 is 0 Å². The molecule has 0 amide bonds. The second-order valence-corrected chi connectivity index (χ2v) is 8.42. The highest BCUT2D eigenvalue weighted by atomic mass is 19.2. The lowest BCUT2D eigenvalue weighted by atomic mass is 9.66. The average Bonchev–Trinajstić information content (AvgIpc) is 2.52. The Kier molecular flexibility index (Phi) is 5.24. The molecule has 126 valence electrons. The number of rotatable bonds is 2. The molecule has 0 aliphatic heterocycles. The first-order valence-corrected chi connectivity index (χ1v) is 9.53. The Morgan fingerprint density at radius 1 is 0.818 bits per heavy atom. The first-order valence-electron chi connectivity index (χ1n) is 9.53. The third-order valence-electron chi connectivity index (χ3n) is 6.76. The maximum atomic E-state index is 14.8. The third kappa shape index (κ3) is 3.41. The van der Waals surface area contributed by atoms with Crippen molar-refractivity contribution in [3.63, 3.8) is 0 Å². The molecule has 0 aromatic rings. The van der Waals surface area contributed by atoms with E-state index in [4.69, 9.17) is 0 Å². The summed E-state index contributed by atoms with van der Waals surface area (Å²) in [7, 11) is 0. The highest BCUT2D eigenvalue weighted by Gasteiger charge is 2.44. The minimum atomic E-state index is -1.25. The number of hydrogen-bond donors (Lipinski definition) is 0. The maximum Gasteiger partial charge on any atom is 0.138 e. The Hall–Kier alpha value is -0.400. The van der Waals surface area contributed by atoms with E-state index in [0.717, 1.165) is 50.9 Å². The van der Waals surface area contributed by atoms with Crippen molar-refractivity contribution in [2.24, 2.45) is 29.6 Å². The van der Waals surface area contributed by atoms with E-state index in [2.05, 4.69) is 19.9 Å². The Balaban J connectivity index is 1.62. The maximum absolute atomic E-state index is 14.8. The molecule has 0 spiro atoms. The van der Waals surface area contributed by atoms with Crippen molar-refractivity contribution in [3.05, 3.63) is 11.6 Å². The molecule has 0 aromatic carbocycles. The van der Waals surface area contributed by atoms with Crippen molar-refractivity contribution in [1.29, 1.82) is 0 Å². The second kappa shape index (κ2) is 7.01. The van der Waals surface area contributed by atoms with E-state index in [-0.39, 0.29) is 11.8 Å². The monoisotopic (exact) mass is 310 g/mol. The summed E-state index contributed by atoms with van der Waals surface area (Å²) in [5, 5.41) is 0. The van der Waals surface area contributed by atoms with Crippen LogP contribution in [0.2, 0.25) is 0 Å². The SMILES string of the molecule is CC1CC=C(C2CCC(C3CCC(C)CC3)C(F)[C@H]2F)CC1. The smallest absolute Gasteiger partial charge is 0.138 e. The molecule has 4 unspecified atom stereocenters. The zero-order chi connectivity index (χ0) is 15.7. The third-order valence-corrected chi connectivity index (χ3v) is 6.76. The molecule has 0 saturated heterocycles. The molecular weight excluding hydrogens is 278 g/mol. The molecule has 22 heavy (non-hydrogen) atoms. The van der Waals surface area contributed by atoms with Gasteiger partial charge in [0.25, 0.3) is 0 Å². The highest BCUT2D eigenvalue weighted by Crippen LogP contribution is 2.46. The molecular formula is C20H32F2. The summed E-state index contributed by atoms with van der Waals surface area (Å²) in [6.45, 7) is 4.54. The van der Waals surface area contributed by atoms with E-state index in [1.165, 1.54) is 18.4 Å². The molecule has 0 bridgehead atoms. The Morgan fingerprint density at radius 2 is 1.55 bits per heavy atom. The fourth-order valence-corrected chi connectivity index (χ4v) is 5.07. The van der Waals surface area contributed by atoms with Crippen LogP contribution in [-0.2, 0) is 0 Å². The molecule has 0 N–H and O–H groups in total. The summed E-state index contributed by atoms with van der Waals surface area (Å²) in [5.41, 5.74) is 1.23. The van der Waals surface area contributed by atoms with Gasteiger partial charge in [-0.3, -0.25) is 0 Å². The lowest BCUT2D eigenvalue weighted by Crippen LogP contribution is -2.42. The molecule has 0 nitrogen and oxygen atoms in total. The van der Waals surface area contributed by atoms with Gasteiger partial charge in [0.1, 0.15) is 12.3 Å². The second-order valence-electron chi connectivity index (χ2n) is 8.42. The predicted octanol–water partition coefficient (Wildman–Crippen LogP) is 6.26. The number of alkyl halides is 2. The van der Waals surface area contributed by atoms with E-state index in [1.807, 2.05) is 0 Å². The van der Waals surface area contributed by atoms with Gasteiger partial charge < -0.3 is 0 Å². The van der Waals surface area contributed by atoms with E-state index in [1.54, 1.807) is 0 Å². The van der Waals surface area contributed by atoms with E-state index in [0.29, 0.717) is 11.8 Å². The average molecular weight is 310 g/mol. The van der Waals surface area contributed by atoms with Crippen LogP contribution in [0.5, 0.6) is 0 Å². The molecule has 0 heterocycles. The van der Waals surface area contributed by atoms with Crippen LogP contribution in [0.25, 0.3) is 0 Å². The van der Waals surface area contributed by atoms with Crippen molar-refractivity contribution in [3.8, 4) is 0 Å². The fraction of sp³-hybridized carbons (Fsp3) is 0.900. The lowest BCUT2D eigenvalue weighted by Gasteiger charge is -2.42. The summed E-state index contributed by atoms with van der Waals surface area (Å²) in [6, 6.07) is 0. The van der Waals surface area contributed by atoms with E-state index in [9.17, 15) is 8.78 Å². The molecule has 3 aliphatic rings. The van der Waals surface area contributed by atoms with Crippen LogP contribution < -0.4 is 0 Å². The molecule has 0 radical (unpaired) electrons. The minimum Gasteiger partial charge on any atom is -0.244 e. The van der Waals surface area contributed by atoms with Gasteiger partial charge in [-0.25, -0.2) is 8.78 Å². The number of halogens is 2. The summed E-state index contributed by atoms with van der Waals surface area (Å²) in [4.78, 5) is 0. The van der Waals surface area contributed by atoms with E-state index < -0.39 is 12.3 Å². The van der Waals surface area contributed by atoms with Gasteiger partial charge in [0.15, 0.2) is 0 Å². The van der Waals surface area contributed by atoms with Gasteiger partial charge in [-0.15, -0.1) is 0 Å².